The zero-order valence-electron chi connectivity index (χ0n) is 10.5. The lowest BCUT2D eigenvalue weighted by Crippen LogP contribution is -2.53. The molecule has 0 fully saturated rings. The molecule has 0 aromatic carbocycles. The SMILES string of the molecule is C#CCC(NC(=O)NC(C)(CC)CC)C(=O)O. The zero-order chi connectivity index (χ0) is 13.5. The Hall–Kier alpha value is -1.70. The van der Waals surface area contributed by atoms with E-state index in [4.69, 9.17) is 11.5 Å². The van der Waals surface area contributed by atoms with Crippen LogP contribution in [0.25, 0.3) is 0 Å². The molecule has 0 aliphatic heterocycles. The second kappa shape index (κ2) is 6.79. The number of carboxylic acids is 1. The van der Waals surface area contributed by atoms with Crippen LogP contribution in [0.3, 0.4) is 0 Å². The van der Waals surface area contributed by atoms with Crippen molar-refractivity contribution in [1.29, 1.82) is 0 Å². The minimum atomic E-state index is -1.13. The van der Waals surface area contributed by atoms with E-state index in [1.807, 2.05) is 20.8 Å². The Labute approximate surface area is 102 Å². The standard InChI is InChI=1S/C12H20N2O3/c1-5-8-9(10(15)16)13-11(17)14-12(4,6-2)7-3/h1,9H,6-8H2,2-4H3,(H,15,16)(H2,13,14,17). The van der Waals surface area contributed by atoms with Crippen LogP contribution in [-0.4, -0.2) is 28.7 Å². The molecule has 0 rings (SSSR count). The van der Waals surface area contributed by atoms with Crippen molar-refractivity contribution in [2.75, 3.05) is 0 Å². The van der Waals surface area contributed by atoms with Gasteiger partial charge >= 0.3 is 12.0 Å². The Morgan fingerprint density at radius 2 is 1.94 bits per heavy atom. The number of rotatable bonds is 6. The predicted molar refractivity (Wildman–Crippen MR) is 65.5 cm³/mol. The summed E-state index contributed by atoms with van der Waals surface area (Å²) in [4.78, 5) is 22.4. The van der Waals surface area contributed by atoms with Crippen molar-refractivity contribution in [2.24, 2.45) is 0 Å². The van der Waals surface area contributed by atoms with Crippen molar-refractivity contribution in [3.63, 3.8) is 0 Å². The van der Waals surface area contributed by atoms with Crippen LogP contribution < -0.4 is 10.6 Å². The van der Waals surface area contributed by atoms with Crippen LogP contribution in [0.4, 0.5) is 4.79 Å². The number of carboxylic acid groups (broad SMARTS) is 1. The molecule has 0 spiro atoms. The quantitative estimate of drug-likeness (QED) is 0.613. The number of carbonyl (C=O) groups is 2. The maximum atomic E-state index is 11.6. The molecule has 0 aliphatic rings. The van der Waals surface area contributed by atoms with E-state index in [1.54, 1.807) is 0 Å². The number of amides is 2. The first-order chi connectivity index (χ1) is 7.88. The van der Waals surface area contributed by atoms with E-state index in [9.17, 15) is 9.59 Å². The molecule has 0 saturated carbocycles. The molecule has 1 atom stereocenters. The first kappa shape index (κ1) is 15.3. The van der Waals surface area contributed by atoms with E-state index in [0.29, 0.717) is 0 Å². The van der Waals surface area contributed by atoms with Crippen molar-refractivity contribution in [1.82, 2.24) is 10.6 Å². The molecule has 17 heavy (non-hydrogen) atoms. The third-order valence-corrected chi connectivity index (χ3v) is 2.90. The zero-order valence-corrected chi connectivity index (χ0v) is 10.5. The maximum absolute atomic E-state index is 11.6. The van der Waals surface area contributed by atoms with E-state index in [2.05, 4.69) is 16.6 Å². The molecule has 5 nitrogen and oxygen atoms in total. The molecule has 1 unspecified atom stereocenters. The third kappa shape index (κ3) is 5.25. The Kier molecular flexibility index (Phi) is 6.11. The Balaban J connectivity index is 4.43. The fraction of sp³-hybridized carbons (Fsp3) is 0.667. The van der Waals surface area contributed by atoms with Crippen molar-refractivity contribution in [3.05, 3.63) is 0 Å². The lowest BCUT2D eigenvalue weighted by atomic mass is 9.96. The molecule has 0 radical (unpaired) electrons. The number of aliphatic carboxylic acids is 1. The van der Waals surface area contributed by atoms with Gasteiger partial charge in [-0.05, 0) is 19.8 Å². The van der Waals surface area contributed by atoms with E-state index in [-0.39, 0.29) is 12.0 Å². The summed E-state index contributed by atoms with van der Waals surface area (Å²) in [6.45, 7) is 5.82. The molecule has 0 aromatic rings. The van der Waals surface area contributed by atoms with Gasteiger partial charge in [-0.3, -0.25) is 0 Å². The van der Waals surface area contributed by atoms with E-state index >= 15 is 0 Å². The molecule has 0 aliphatic carbocycles. The summed E-state index contributed by atoms with van der Waals surface area (Å²) < 4.78 is 0. The molecular formula is C12H20N2O3. The highest BCUT2D eigenvalue weighted by Gasteiger charge is 2.25. The highest BCUT2D eigenvalue weighted by Crippen LogP contribution is 2.13. The fourth-order valence-corrected chi connectivity index (χ4v) is 1.21. The monoisotopic (exact) mass is 240 g/mol. The average Bonchev–Trinajstić information content (AvgIpc) is 2.28. The van der Waals surface area contributed by atoms with Gasteiger partial charge in [0.25, 0.3) is 0 Å². The Morgan fingerprint density at radius 3 is 2.29 bits per heavy atom. The fourth-order valence-electron chi connectivity index (χ4n) is 1.21. The van der Waals surface area contributed by atoms with Crippen LogP contribution in [-0.2, 0) is 4.79 Å². The summed E-state index contributed by atoms with van der Waals surface area (Å²) in [7, 11) is 0. The number of carbonyl (C=O) groups excluding carboxylic acids is 1. The van der Waals surface area contributed by atoms with Gasteiger partial charge in [-0.2, -0.15) is 0 Å². The molecule has 0 heterocycles. The molecule has 96 valence electrons. The van der Waals surface area contributed by atoms with Gasteiger partial charge in [0.05, 0.1) is 0 Å². The van der Waals surface area contributed by atoms with Crippen molar-refractivity contribution in [2.45, 2.75) is 51.6 Å². The van der Waals surface area contributed by atoms with Crippen molar-refractivity contribution < 1.29 is 14.7 Å². The van der Waals surface area contributed by atoms with E-state index in [0.717, 1.165) is 12.8 Å². The molecule has 5 heteroatoms. The second-order valence-electron chi connectivity index (χ2n) is 4.17. The van der Waals surface area contributed by atoms with Gasteiger partial charge in [0.1, 0.15) is 6.04 Å². The number of hydrogen-bond acceptors (Lipinski definition) is 2. The molecule has 0 saturated heterocycles. The molecule has 3 N–H and O–H groups in total. The maximum Gasteiger partial charge on any atom is 0.327 e. The molecule has 0 bridgehead atoms. The molecular weight excluding hydrogens is 220 g/mol. The summed E-state index contributed by atoms with van der Waals surface area (Å²) in [5.41, 5.74) is -0.330. The van der Waals surface area contributed by atoms with Crippen molar-refractivity contribution >= 4 is 12.0 Å². The van der Waals surface area contributed by atoms with Gasteiger partial charge in [-0.25, -0.2) is 9.59 Å². The number of urea groups is 1. The number of nitrogens with one attached hydrogen (secondary N) is 2. The minimum Gasteiger partial charge on any atom is -0.480 e. The van der Waals surface area contributed by atoms with Crippen LogP contribution in [0.1, 0.15) is 40.0 Å². The number of hydrogen-bond donors (Lipinski definition) is 3. The molecule has 0 aromatic heterocycles. The lowest BCUT2D eigenvalue weighted by molar-refractivity contribution is -0.139. The van der Waals surface area contributed by atoms with Crippen LogP contribution in [0.2, 0.25) is 0 Å². The topological polar surface area (TPSA) is 78.4 Å². The first-order valence-electron chi connectivity index (χ1n) is 5.63. The first-order valence-corrected chi connectivity index (χ1v) is 5.63. The van der Waals surface area contributed by atoms with Crippen LogP contribution in [0.5, 0.6) is 0 Å². The summed E-state index contributed by atoms with van der Waals surface area (Å²) in [5, 5.41) is 13.9. The van der Waals surface area contributed by atoms with Gasteiger partial charge in [-0.1, -0.05) is 13.8 Å². The Bertz CT molecular complexity index is 316. The summed E-state index contributed by atoms with van der Waals surface area (Å²) >= 11 is 0. The van der Waals surface area contributed by atoms with E-state index < -0.39 is 18.0 Å². The highest BCUT2D eigenvalue weighted by molar-refractivity contribution is 5.83. The van der Waals surface area contributed by atoms with Crippen LogP contribution >= 0.6 is 0 Å². The predicted octanol–water partition coefficient (Wildman–Crippen LogP) is 1.34. The summed E-state index contributed by atoms with van der Waals surface area (Å²) in [5.74, 6) is 1.09. The second-order valence-corrected chi connectivity index (χ2v) is 4.17. The third-order valence-electron chi connectivity index (χ3n) is 2.90. The van der Waals surface area contributed by atoms with Crippen LogP contribution in [0, 0.1) is 12.3 Å². The highest BCUT2D eigenvalue weighted by atomic mass is 16.4. The lowest BCUT2D eigenvalue weighted by Gasteiger charge is -2.28. The van der Waals surface area contributed by atoms with Gasteiger partial charge in [-0.15, -0.1) is 12.3 Å². The van der Waals surface area contributed by atoms with Gasteiger partial charge in [0, 0.05) is 12.0 Å². The van der Waals surface area contributed by atoms with E-state index in [1.165, 1.54) is 0 Å². The van der Waals surface area contributed by atoms with Gasteiger partial charge < -0.3 is 15.7 Å². The van der Waals surface area contributed by atoms with Gasteiger partial charge in [0.15, 0.2) is 0 Å². The Morgan fingerprint density at radius 1 is 1.41 bits per heavy atom. The summed E-state index contributed by atoms with van der Waals surface area (Å²) in [6, 6.07) is -1.54. The van der Waals surface area contributed by atoms with Gasteiger partial charge in [0.2, 0.25) is 0 Å². The minimum absolute atomic E-state index is 0.0300. The van der Waals surface area contributed by atoms with Crippen LogP contribution in [0.15, 0.2) is 0 Å². The number of terminal acetylenes is 1. The average molecular weight is 240 g/mol. The normalized spacial score (nSPS) is 12.4. The summed E-state index contributed by atoms with van der Waals surface area (Å²) in [6.07, 6.45) is 6.54. The van der Waals surface area contributed by atoms with Crippen molar-refractivity contribution in [3.8, 4) is 12.3 Å². The molecule has 2 amide bonds. The smallest absolute Gasteiger partial charge is 0.327 e. The largest absolute Gasteiger partial charge is 0.480 e.